The predicted octanol–water partition coefficient (Wildman–Crippen LogP) is 6.46. The monoisotopic (exact) mass is 422 g/mol. The van der Waals surface area contributed by atoms with Crippen molar-refractivity contribution in [1.29, 1.82) is 0 Å². The van der Waals surface area contributed by atoms with Crippen LogP contribution in [0.15, 0.2) is 84.0 Å². The molecule has 0 aliphatic heterocycles. The van der Waals surface area contributed by atoms with E-state index in [-0.39, 0.29) is 0 Å². The van der Waals surface area contributed by atoms with Crippen molar-refractivity contribution in [3.8, 4) is 33.9 Å². The van der Waals surface area contributed by atoms with Gasteiger partial charge in [-0.05, 0) is 20.1 Å². The zero-order valence-corrected chi connectivity index (χ0v) is 18.5. The normalized spacial score (nSPS) is 11.2. The second-order valence-corrected chi connectivity index (χ2v) is 8.36. The molecule has 0 N–H and O–H groups in total. The fourth-order valence-corrected chi connectivity index (χ4v) is 4.13. The number of imidazole rings is 1. The standard InChI is InChI=1S/C26H22N4S/c1-17-9-13-20(14-10-17)22-24-23(19-7-5-4-6-8-19)28-26(31-3)30(24)29-25(27-22)21-15-11-18(2)12-16-21/h4-16H,1-3H3. The minimum Gasteiger partial charge on any atom is -0.224 e. The van der Waals surface area contributed by atoms with E-state index < -0.39 is 0 Å². The Balaban J connectivity index is 1.85. The lowest BCUT2D eigenvalue weighted by Crippen LogP contribution is -2.02. The lowest BCUT2D eigenvalue weighted by atomic mass is 10.1. The van der Waals surface area contributed by atoms with Crippen LogP contribution in [0.1, 0.15) is 11.1 Å². The summed E-state index contributed by atoms with van der Waals surface area (Å²) in [7, 11) is 0. The second-order valence-electron chi connectivity index (χ2n) is 7.59. The SMILES string of the molecule is CSc1nc(-c2ccccc2)c2c(-c3ccc(C)cc3)nc(-c3ccc(C)cc3)nn12. The van der Waals surface area contributed by atoms with E-state index in [1.54, 1.807) is 11.8 Å². The van der Waals surface area contributed by atoms with Crippen molar-refractivity contribution in [1.82, 2.24) is 19.6 Å². The van der Waals surface area contributed by atoms with Gasteiger partial charge < -0.3 is 0 Å². The fraction of sp³-hybridized carbons (Fsp3) is 0.115. The highest BCUT2D eigenvalue weighted by atomic mass is 32.2. The van der Waals surface area contributed by atoms with Crippen LogP contribution in [0, 0.1) is 13.8 Å². The van der Waals surface area contributed by atoms with Gasteiger partial charge in [-0.1, -0.05) is 102 Å². The molecular formula is C26H22N4S. The molecule has 3 aromatic carbocycles. The molecule has 2 aromatic heterocycles. The van der Waals surface area contributed by atoms with Gasteiger partial charge in [0.25, 0.3) is 0 Å². The topological polar surface area (TPSA) is 43.1 Å². The molecule has 5 rings (SSSR count). The van der Waals surface area contributed by atoms with Crippen molar-refractivity contribution < 1.29 is 0 Å². The molecule has 4 nitrogen and oxygen atoms in total. The van der Waals surface area contributed by atoms with Gasteiger partial charge in [-0.3, -0.25) is 0 Å². The first-order valence-electron chi connectivity index (χ1n) is 10.2. The Hall–Kier alpha value is -3.44. The van der Waals surface area contributed by atoms with Crippen molar-refractivity contribution in [2.75, 3.05) is 6.26 Å². The van der Waals surface area contributed by atoms with Crippen LogP contribution in [0.3, 0.4) is 0 Å². The second kappa shape index (κ2) is 8.00. The van der Waals surface area contributed by atoms with Gasteiger partial charge in [0.1, 0.15) is 16.9 Å². The third-order valence-corrected chi connectivity index (χ3v) is 5.96. The van der Waals surface area contributed by atoms with Crippen molar-refractivity contribution >= 4 is 17.3 Å². The van der Waals surface area contributed by atoms with Gasteiger partial charge in [0, 0.05) is 16.7 Å². The summed E-state index contributed by atoms with van der Waals surface area (Å²) in [4.78, 5) is 10.0. The van der Waals surface area contributed by atoms with E-state index in [1.165, 1.54) is 11.1 Å². The highest BCUT2D eigenvalue weighted by molar-refractivity contribution is 7.98. The van der Waals surface area contributed by atoms with Gasteiger partial charge in [0.15, 0.2) is 11.0 Å². The van der Waals surface area contributed by atoms with Crippen molar-refractivity contribution in [3.63, 3.8) is 0 Å². The molecule has 0 radical (unpaired) electrons. The molecule has 0 amide bonds. The van der Waals surface area contributed by atoms with E-state index in [0.717, 1.165) is 38.8 Å². The minimum absolute atomic E-state index is 0.690. The summed E-state index contributed by atoms with van der Waals surface area (Å²) in [5.41, 5.74) is 8.24. The quantitative estimate of drug-likeness (QED) is 0.312. The molecule has 2 heterocycles. The first-order valence-corrected chi connectivity index (χ1v) is 11.4. The van der Waals surface area contributed by atoms with Gasteiger partial charge in [0.2, 0.25) is 0 Å². The lowest BCUT2D eigenvalue weighted by Gasteiger charge is -2.10. The number of thioether (sulfide) groups is 1. The summed E-state index contributed by atoms with van der Waals surface area (Å²) in [6.45, 7) is 4.18. The number of rotatable bonds is 4. The van der Waals surface area contributed by atoms with Crippen LogP contribution in [0.25, 0.3) is 39.4 Å². The Morgan fingerprint density at radius 1 is 0.645 bits per heavy atom. The van der Waals surface area contributed by atoms with Crippen molar-refractivity contribution in [2.24, 2.45) is 0 Å². The molecule has 5 heteroatoms. The molecule has 0 unspecified atom stereocenters. The Morgan fingerprint density at radius 2 is 1.19 bits per heavy atom. The average Bonchev–Trinajstić information content (AvgIpc) is 3.19. The number of hydrogen-bond acceptors (Lipinski definition) is 4. The molecule has 0 fully saturated rings. The largest absolute Gasteiger partial charge is 0.224 e. The molecule has 5 aromatic rings. The number of benzene rings is 3. The number of aromatic nitrogens is 4. The number of aryl methyl sites for hydroxylation is 2. The molecule has 152 valence electrons. The zero-order valence-electron chi connectivity index (χ0n) is 17.7. The average molecular weight is 423 g/mol. The van der Waals surface area contributed by atoms with Gasteiger partial charge in [-0.2, -0.15) is 0 Å². The van der Waals surface area contributed by atoms with Crippen LogP contribution in [0.5, 0.6) is 0 Å². The van der Waals surface area contributed by atoms with Gasteiger partial charge in [0.05, 0.1) is 0 Å². The first kappa shape index (κ1) is 19.5. The molecule has 0 aliphatic rings. The first-order chi connectivity index (χ1) is 15.1. The summed E-state index contributed by atoms with van der Waals surface area (Å²) in [6, 6.07) is 27.1. The molecule has 0 aliphatic carbocycles. The van der Waals surface area contributed by atoms with Crippen LogP contribution in [0.4, 0.5) is 0 Å². The van der Waals surface area contributed by atoms with E-state index in [4.69, 9.17) is 15.1 Å². The molecule has 0 saturated heterocycles. The molecule has 0 bridgehead atoms. The van der Waals surface area contributed by atoms with E-state index in [0.29, 0.717) is 5.82 Å². The Kier molecular flexibility index (Phi) is 5.04. The van der Waals surface area contributed by atoms with Gasteiger partial charge >= 0.3 is 0 Å². The summed E-state index contributed by atoms with van der Waals surface area (Å²) < 4.78 is 1.95. The molecule has 0 spiro atoms. The van der Waals surface area contributed by atoms with E-state index >= 15 is 0 Å². The number of nitrogens with zero attached hydrogens (tertiary/aromatic N) is 4. The number of hydrogen-bond donors (Lipinski definition) is 0. The number of fused-ring (bicyclic) bond motifs is 1. The maximum Gasteiger partial charge on any atom is 0.189 e. The van der Waals surface area contributed by atoms with Crippen LogP contribution in [-0.2, 0) is 0 Å². The predicted molar refractivity (Wildman–Crippen MR) is 128 cm³/mol. The minimum atomic E-state index is 0.690. The maximum atomic E-state index is 5.05. The third-order valence-electron chi connectivity index (χ3n) is 5.33. The smallest absolute Gasteiger partial charge is 0.189 e. The van der Waals surface area contributed by atoms with Gasteiger partial charge in [-0.15, -0.1) is 5.10 Å². The molecule has 0 atom stereocenters. The van der Waals surface area contributed by atoms with Gasteiger partial charge in [-0.25, -0.2) is 14.5 Å². The van der Waals surface area contributed by atoms with E-state index in [9.17, 15) is 0 Å². The summed E-state index contributed by atoms with van der Waals surface area (Å²) >= 11 is 1.59. The Morgan fingerprint density at radius 3 is 1.81 bits per heavy atom. The van der Waals surface area contributed by atoms with E-state index in [2.05, 4.69) is 74.5 Å². The Labute approximate surface area is 186 Å². The van der Waals surface area contributed by atoms with Crippen molar-refractivity contribution in [3.05, 3.63) is 90.0 Å². The molecular weight excluding hydrogens is 400 g/mol. The van der Waals surface area contributed by atoms with Crippen LogP contribution in [0.2, 0.25) is 0 Å². The van der Waals surface area contributed by atoms with Crippen LogP contribution >= 0.6 is 11.8 Å². The van der Waals surface area contributed by atoms with Crippen LogP contribution in [-0.4, -0.2) is 25.8 Å². The third kappa shape index (κ3) is 3.62. The summed E-state index contributed by atoms with van der Waals surface area (Å²) in [6.07, 6.45) is 2.03. The van der Waals surface area contributed by atoms with Crippen LogP contribution < -0.4 is 0 Å². The highest BCUT2D eigenvalue weighted by Crippen LogP contribution is 2.35. The highest BCUT2D eigenvalue weighted by Gasteiger charge is 2.21. The maximum absolute atomic E-state index is 5.05. The summed E-state index contributed by atoms with van der Waals surface area (Å²) in [5, 5.41) is 5.76. The molecule has 31 heavy (non-hydrogen) atoms. The Bertz CT molecular complexity index is 1360. The van der Waals surface area contributed by atoms with Crippen molar-refractivity contribution in [2.45, 2.75) is 19.0 Å². The fourth-order valence-electron chi connectivity index (χ4n) is 3.64. The molecule has 0 saturated carbocycles. The lowest BCUT2D eigenvalue weighted by molar-refractivity contribution is 0.806. The zero-order chi connectivity index (χ0) is 21.4. The van der Waals surface area contributed by atoms with E-state index in [1.807, 2.05) is 29.0 Å². The summed E-state index contributed by atoms with van der Waals surface area (Å²) in [5.74, 6) is 0.690.